The molecule has 2 fully saturated rings. The molecule has 3 atom stereocenters. The monoisotopic (exact) mass is 586 g/mol. The lowest BCUT2D eigenvalue weighted by atomic mass is 9.80. The average Bonchev–Trinajstić information content (AvgIpc) is 3.13. The SMILES string of the molecule is CC1C=C2C(=CC1Cl)NC(=O)C2(Cc1cccc(Cl)c1)Nc1cc(Cl)ccc1C(=O)N1CCC(C(N)=O)CC1. The summed E-state index contributed by atoms with van der Waals surface area (Å²) in [5, 5.41) is 7.15. The average molecular weight is 588 g/mol. The fourth-order valence-electron chi connectivity index (χ4n) is 5.55. The van der Waals surface area contributed by atoms with E-state index in [-0.39, 0.29) is 41.4 Å². The molecule has 0 radical (unpaired) electrons. The van der Waals surface area contributed by atoms with Crippen molar-refractivity contribution in [3.05, 3.63) is 87.1 Å². The topological polar surface area (TPSA) is 105 Å². The molecule has 39 heavy (non-hydrogen) atoms. The normalized spacial score (nSPS) is 24.9. The molecule has 7 nitrogen and oxygen atoms in total. The van der Waals surface area contributed by atoms with Crippen LogP contribution in [0.2, 0.25) is 10.0 Å². The van der Waals surface area contributed by atoms with Crippen molar-refractivity contribution >= 4 is 58.2 Å². The molecule has 2 aliphatic heterocycles. The Labute approximate surface area is 242 Å². The number of amides is 3. The van der Waals surface area contributed by atoms with Crippen LogP contribution in [0, 0.1) is 11.8 Å². The molecule has 1 aliphatic carbocycles. The molecule has 4 N–H and O–H groups in total. The quantitative estimate of drug-likeness (QED) is 0.417. The number of rotatable bonds is 6. The van der Waals surface area contributed by atoms with E-state index in [0.29, 0.717) is 52.9 Å². The van der Waals surface area contributed by atoms with Crippen LogP contribution in [-0.4, -0.2) is 46.6 Å². The maximum Gasteiger partial charge on any atom is 0.255 e. The fourth-order valence-corrected chi connectivity index (χ4v) is 6.13. The zero-order valence-corrected chi connectivity index (χ0v) is 23.6. The zero-order chi connectivity index (χ0) is 27.9. The van der Waals surface area contributed by atoms with Crippen molar-refractivity contribution in [2.75, 3.05) is 18.4 Å². The van der Waals surface area contributed by atoms with Gasteiger partial charge in [-0.15, -0.1) is 11.6 Å². The summed E-state index contributed by atoms with van der Waals surface area (Å²) in [4.78, 5) is 40.9. The highest BCUT2D eigenvalue weighted by molar-refractivity contribution is 6.31. The van der Waals surface area contributed by atoms with Crippen molar-refractivity contribution in [1.82, 2.24) is 10.2 Å². The predicted octanol–water partition coefficient (Wildman–Crippen LogP) is 4.92. The van der Waals surface area contributed by atoms with Crippen molar-refractivity contribution in [3.8, 4) is 0 Å². The van der Waals surface area contributed by atoms with Crippen LogP contribution in [0.1, 0.15) is 35.7 Å². The Morgan fingerprint density at radius 1 is 1.10 bits per heavy atom. The number of anilines is 1. The van der Waals surface area contributed by atoms with Crippen molar-refractivity contribution in [2.24, 2.45) is 17.6 Å². The van der Waals surface area contributed by atoms with Crippen LogP contribution in [0.3, 0.4) is 0 Å². The molecular weight excluding hydrogens is 559 g/mol. The van der Waals surface area contributed by atoms with E-state index in [1.54, 1.807) is 29.2 Å². The van der Waals surface area contributed by atoms with E-state index in [1.165, 1.54) is 0 Å². The molecule has 2 saturated heterocycles. The maximum absolute atomic E-state index is 13.8. The minimum absolute atomic E-state index is 0.0225. The molecule has 10 heteroatoms. The number of allylic oxidation sites excluding steroid dienone is 2. The molecule has 204 valence electrons. The predicted molar refractivity (Wildman–Crippen MR) is 154 cm³/mol. The van der Waals surface area contributed by atoms with Gasteiger partial charge in [0.25, 0.3) is 11.8 Å². The number of fused-ring (bicyclic) bond motifs is 1. The summed E-state index contributed by atoms with van der Waals surface area (Å²) in [6, 6.07) is 12.3. The van der Waals surface area contributed by atoms with Gasteiger partial charge in [0.2, 0.25) is 5.91 Å². The Balaban J connectivity index is 1.55. The van der Waals surface area contributed by atoms with Gasteiger partial charge in [-0.05, 0) is 60.7 Å². The number of carbonyl (C=O) groups is 3. The third-order valence-electron chi connectivity index (χ3n) is 7.75. The number of benzene rings is 2. The van der Waals surface area contributed by atoms with Crippen LogP contribution in [0.5, 0.6) is 0 Å². The molecule has 0 bridgehead atoms. The summed E-state index contributed by atoms with van der Waals surface area (Å²) in [6.45, 7) is 2.82. The van der Waals surface area contributed by atoms with Crippen molar-refractivity contribution in [2.45, 2.75) is 37.1 Å². The lowest BCUT2D eigenvalue weighted by Crippen LogP contribution is -2.49. The second-order valence-electron chi connectivity index (χ2n) is 10.4. The second-order valence-corrected chi connectivity index (χ2v) is 11.8. The van der Waals surface area contributed by atoms with E-state index < -0.39 is 5.54 Å². The smallest absolute Gasteiger partial charge is 0.255 e. The van der Waals surface area contributed by atoms with E-state index in [0.717, 1.165) is 11.1 Å². The van der Waals surface area contributed by atoms with Crippen LogP contribution in [0.4, 0.5) is 5.69 Å². The number of piperidine rings is 1. The summed E-state index contributed by atoms with van der Waals surface area (Å²) in [5.74, 6) is -1.08. The molecular formula is C29H29Cl3N4O3. The van der Waals surface area contributed by atoms with Gasteiger partial charge in [-0.1, -0.05) is 48.3 Å². The zero-order valence-electron chi connectivity index (χ0n) is 21.3. The first-order valence-corrected chi connectivity index (χ1v) is 14.1. The van der Waals surface area contributed by atoms with E-state index >= 15 is 0 Å². The van der Waals surface area contributed by atoms with Gasteiger partial charge in [-0.3, -0.25) is 14.4 Å². The van der Waals surface area contributed by atoms with E-state index in [4.69, 9.17) is 40.5 Å². The number of nitrogens with two attached hydrogens (primary N) is 1. The Morgan fingerprint density at radius 3 is 2.51 bits per heavy atom. The second kappa shape index (κ2) is 10.9. The van der Waals surface area contributed by atoms with E-state index in [2.05, 4.69) is 10.6 Å². The number of likely N-dealkylation sites (tertiary alicyclic amines) is 1. The van der Waals surface area contributed by atoms with Gasteiger partial charge in [-0.25, -0.2) is 0 Å². The molecule has 2 aromatic carbocycles. The van der Waals surface area contributed by atoms with Crippen LogP contribution in [0.25, 0.3) is 0 Å². The molecule has 2 heterocycles. The van der Waals surface area contributed by atoms with Crippen LogP contribution in [-0.2, 0) is 16.0 Å². The van der Waals surface area contributed by atoms with E-state index in [1.807, 2.05) is 37.3 Å². The lowest BCUT2D eigenvalue weighted by Gasteiger charge is -2.35. The summed E-state index contributed by atoms with van der Waals surface area (Å²) in [6.07, 6.45) is 5.15. The standard InChI is InChI=1S/C29H29Cl3N4O3/c1-16-11-22-25(14-23(16)32)34-28(39)29(22,15-17-3-2-4-19(30)12-17)35-24-13-20(31)5-6-21(24)27(38)36-9-7-18(8-10-36)26(33)37/h2-6,11-14,16,18,23,35H,7-10,15H2,1H3,(H2,33,37)(H,34,39). The van der Waals surface area contributed by atoms with Gasteiger partial charge in [0, 0.05) is 52.4 Å². The van der Waals surface area contributed by atoms with Crippen LogP contribution in [0.15, 0.2) is 65.9 Å². The first-order chi connectivity index (χ1) is 18.6. The van der Waals surface area contributed by atoms with Gasteiger partial charge >= 0.3 is 0 Å². The highest BCUT2D eigenvalue weighted by Crippen LogP contribution is 2.42. The number of hydrogen-bond acceptors (Lipinski definition) is 4. The summed E-state index contributed by atoms with van der Waals surface area (Å²) in [5.41, 5.74) is 7.29. The Hall–Kier alpha value is -3.00. The number of alkyl halides is 1. The highest BCUT2D eigenvalue weighted by Gasteiger charge is 2.51. The number of primary amides is 1. The van der Waals surface area contributed by atoms with Gasteiger partial charge in [0.1, 0.15) is 5.54 Å². The van der Waals surface area contributed by atoms with Gasteiger partial charge < -0.3 is 21.3 Å². The number of hydrogen-bond donors (Lipinski definition) is 3. The number of halogens is 3. The number of nitrogens with one attached hydrogen (secondary N) is 2. The molecule has 3 amide bonds. The molecule has 0 saturated carbocycles. The minimum Gasteiger partial charge on any atom is -0.369 e. The Kier molecular flexibility index (Phi) is 7.68. The van der Waals surface area contributed by atoms with Gasteiger partial charge in [0.05, 0.1) is 10.9 Å². The van der Waals surface area contributed by atoms with Crippen molar-refractivity contribution in [3.63, 3.8) is 0 Å². The Morgan fingerprint density at radius 2 is 1.82 bits per heavy atom. The maximum atomic E-state index is 13.8. The van der Waals surface area contributed by atoms with Crippen molar-refractivity contribution < 1.29 is 14.4 Å². The van der Waals surface area contributed by atoms with Gasteiger partial charge in [-0.2, -0.15) is 0 Å². The van der Waals surface area contributed by atoms with E-state index in [9.17, 15) is 14.4 Å². The molecule has 3 aliphatic rings. The Bertz CT molecular complexity index is 1400. The molecule has 3 unspecified atom stereocenters. The third-order valence-corrected chi connectivity index (χ3v) is 8.74. The number of carbonyl (C=O) groups excluding carboxylic acids is 3. The first-order valence-electron chi connectivity index (χ1n) is 12.9. The van der Waals surface area contributed by atoms with Crippen molar-refractivity contribution in [1.29, 1.82) is 0 Å². The third kappa shape index (κ3) is 5.40. The largest absolute Gasteiger partial charge is 0.369 e. The molecule has 0 aromatic heterocycles. The molecule has 5 rings (SSSR count). The minimum atomic E-state index is -1.25. The summed E-state index contributed by atoms with van der Waals surface area (Å²) in [7, 11) is 0. The number of nitrogens with zero attached hydrogens (tertiary/aromatic N) is 1. The van der Waals surface area contributed by atoms with Crippen LogP contribution >= 0.6 is 34.8 Å². The van der Waals surface area contributed by atoms with Gasteiger partial charge in [0.15, 0.2) is 0 Å². The summed E-state index contributed by atoms with van der Waals surface area (Å²) >= 11 is 19.2. The fraction of sp³-hybridized carbons (Fsp3) is 0.345. The molecule has 2 aromatic rings. The summed E-state index contributed by atoms with van der Waals surface area (Å²) < 4.78 is 0. The van der Waals surface area contributed by atoms with Crippen LogP contribution < -0.4 is 16.4 Å². The highest BCUT2D eigenvalue weighted by atomic mass is 35.5. The lowest BCUT2D eigenvalue weighted by molar-refractivity contribution is -0.123. The first kappa shape index (κ1) is 27.6. The molecule has 0 spiro atoms.